The van der Waals surface area contributed by atoms with Crippen molar-refractivity contribution in [3.63, 3.8) is 0 Å². The van der Waals surface area contributed by atoms with E-state index >= 15 is 0 Å². The van der Waals surface area contributed by atoms with E-state index in [9.17, 15) is 14.4 Å². The first-order chi connectivity index (χ1) is 18.3. The lowest BCUT2D eigenvalue weighted by molar-refractivity contribution is -0.136. The summed E-state index contributed by atoms with van der Waals surface area (Å²) in [6.07, 6.45) is 1.66. The number of esters is 1. The Hall–Kier alpha value is -4.65. The van der Waals surface area contributed by atoms with Crippen LogP contribution in [0.1, 0.15) is 36.6 Å². The van der Waals surface area contributed by atoms with Gasteiger partial charge in [-0.05, 0) is 67.8 Å². The molecule has 0 saturated carbocycles. The van der Waals surface area contributed by atoms with Crippen molar-refractivity contribution < 1.29 is 23.9 Å². The molecule has 0 aliphatic carbocycles. The third-order valence-corrected chi connectivity index (χ3v) is 6.29. The minimum atomic E-state index is -0.576. The third kappa shape index (κ3) is 5.83. The molecule has 7 heteroatoms. The highest BCUT2D eigenvalue weighted by Gasteiger charge is 2.37. The van der Waals surface area contributed by atoms with Crippen molar-refractivity contribution in [2.24, 2.45) is 0 Å². The summed E-state index contributed by atoms with van der Waals surface area (Å²) in [6, 6.07) is 24.0. The number of anilines is 1. The number of carbonyl (C=O) groups is 3. The van der Waals surface area contributed by atoms with Gasteiger partial charge in [0.1, 0.15) is 5.75 Å². The van der Waals surface area contributed by atoms with Crippen molar-refractivity contribution in [1.82, 2.24) is 5.32 Å². The van der Waals surface area contributed by atoms with Gasteiger partial charge in [0.25, 0.3) is 11.8 Å². The Bertz CT molecular complexity index is 1410. The minimum Gasteiger partial charge on any atom is -0.484 e. The molecule has 3 aromatic carbocycles. The second-order valence-corrected chi connectivity index (χ2v) is 9.05. The number of benzene rings is 3. The van der Waals surface area contributed by atoms with Crippen LogP contribution in [0.25, 0.3) is 6.08 Å². The molecule has 194 valence electrons. The van der Waals surface area contributed by atoms with Gasteiger partial charge in [-0.2, -0.15) is 0 Å². The first-order valence-electron chi connectivity index (χ1n) is 12.3. The molecule has 1 N–H and O–H groups in total. The van der Waals surface area contributed by atoms with Crippen LogP contribution in [0.4, 0.5) is 5.69 Å². The van der Waals surface area contributed by atoms with Crippen LogP contribution in [-0.2, 0) is 19.1 Å². The lowest BCUT2D eigenvalue weighted by Crippen LogP contribution is -2.31. The Morgan fingerprint density at radius 3 is 2.34 bits per heavy atom. The number of ether oxygens (including phenoxy) is 2. The molecule has 0 fully saturated rings. The van der Waals surface area contributed by atoms with Gasteiger partial charge in [-0.3, -0.25) is 14.5 Å². The molecule has 0 saturated heterocycles. The molecule has 1 heterocycles. The van der Waals surface area contributed by atoms with E-state index in [4.69, 9.17) is 9.47 Å². The molecule has 38 heavy (non-hydrogen) atoms. The predicted molar refractivity (Wildman–Crippen MR) is 146 cm³/mol. The fourth-order valence-electron chi connectivity index (χ4n) is 4.34. The molecule has 3 aromatic rings. The SMILES string of the molecule is COC(=O)C1=C(C)N(c2cccc(C)c2)C(=O)/C1=C\c1ccc(OCC(=O)N[C@@H](C)c2ccccc2)cc1. The fraction of sp³-hybridized carbons (Fsp3) is 0.194. The largest absolute Gasteiger partial charge is 0.484 e. The summed E-state index contributed by atoms with van der Waals surface area (Å²) in [7, 11) is 1.29. The minimum absolute atomic E-state index is 0.129. The van der Waals surface area contributed by atoms with Gasteiger partial charge in [-0.25, -0.2) is 4.79 Å². The van der Waals surface area contributed by atoms with Gasteiger partial charge in [0.15, 0.2) is 6.61 Å². The molecule has 2 amide bonds. The number of nitrogens with zero attached hydrogens (tertiary/aromatic N) is 1. The Balaban J connectivity index is 1.47. The van der Waals surface area contributed by atoms with Crippen LogP contribution < -0.4 is 15.0 Å². The van der Waals surface area contributed by atoms with E-state index in [1.807, 2.05) is 68.4 Å². The number of hydrogen-bond donors (Lipinski definition) is 1. The number of carbonyl (C=O) groups excluding carboxylic acids is 3. The van der Waals surface area contributed by atoms with E-state index in [0.717, 1.165) is 11.1 Å². The molecule has 4 rings (SSSR count). The average molecular weight is 511 g/mol. The summed E-state index contributed by atoms with van der Waals surface area (Å²) in [5.74, 6) is -0.608. The molecule has 0 bridgehead atoms. The van der Waals surface area contributed by atoms with Crippen molar-refractivity contribution in [3.05, 3.63) is 112 Å². The number of methoxy groups -OCH3 is 1. The summed E-state index contributed by atoms with van der Waals surface area (Å²) in [4.78, 5) is 39.9. The maximum absolute atomic E-state index is 13.4. The zero-order valence-corrected chi connectivity index (χ0v) is 21.9. The maximum atomic E-state index is 13.4. The Labute approximate surface area is 222 Å². The van der Waals surface area contributed by atoms with E-state index in [-0.39, 0.29) is 35.6 Å². The van der Waals surface area contributed by atoms with Crippen LogP contribution >= 0.6 is 0 Å². The Kier molecular flexibility index (Phi) is 8.06. The molecule has 1 atom stereocenters. The summed E-state index contributed by atoms with van der Waals surface area (Å²) < 4.78 is 10.6. The van der Waals surface area contributed by atoms with Crippen LogP contribution in [0.2, 0.25) is 0 Å². The number of hydrogen-bond acceptors (Lipinski definition) is 5. The number of amides is 2. The summed E-state index contributed by atoms with van der Waals surface area (Å²) in [6.45, 7) is 5.46. The highest BCUT2D eigenvalue weighted by atomic mass is 16.5. The smallest absolute Gasteiger partial charge is 0.340 e. The second-order valence-electron chi connectivity index (χ2n) is 9.05. The van der Waals surface area contributed by atoms with Crippen molar-refractivity contribution in [2.75, 3.05) is 18.6 Å². The van der Waals surface area contributed by atoms with Crippen LogP contribution in [0.5, 0.6) is 5.75 Å². The predicted octanol–water partition coefficient (Wildman–Crippen LogP) is 5.13. The highest BCUT2D eigenvalue weighted by molar-refractivity contribution is 6.23. The third-order valence-electron chi connectivity index (χ3n) is 6.29. The van der Waals surface area contributed by atoms with E-state index in [2.05, 4.69) is 5.32 Å². The molecule has 7 nitrogen and oxygen atoms in total. The normalized spacial score (nSPS) is 15.0. The van der Waals surface area contributed by atoms with E-state index in [1.54, 1.807) is 37.3 Å². The summed E-state index contributed by atoms with van der Waals surface area (Å²) in [5, 5.41) is 2.91. The van der Waals surface area contributed by atoms with Crippen molar-refractivity contribution in [1.29, 1.82) is 0 Å². The van der Waals surface area contributed by atoms with Gasteiger partial charge in [-0.15, -0.1) is 0 Å². The second kappa shape index (κ2) is 11.6. The topological polar surface area (TPSA) is 84.9 Å². The molecule has 0 unspecified atom stereocenters. The highest BCUT2D eigenvalue weighted by Crippen LogP contribution is 2.35. The van der Waals surface area contributed by atoms with Gasteiger partial charge < -0.3 is 14.8 Å². The molecule has 0 spiro atoms. The van der Waals surface area contributed by atoms with Crippen LogP contribution in [0, 0.1) is 6.92 Å². The number of rotatable bonds is 8. The van der Waals surface area contributed by atoms with Crippen LogP contribution in [0.3, 0.4) is 0 Å². The first kappa shape index (κ1) is 26.4. The Morgan fingerprint density at radius 2 is 1.68 bits per heavy atom. The molecule has 0 aromatic heterocycles. The Morgan fingerprint density at radius 1 is 0.974 bits per heavy atom. The van der Waals surface area contributed by atoms with E-state index < -0.39 is 5.97 Å². The van der Waals surface area contributed by atoms with Gasteiger partial charge in [0.05, 0.1) is 24.3 Å². The van der Waals surface area contributed by atoms with Crippen molar-refractivity contribution in [2.45, 2.75) is 26.8 Å². The molecular weight excluding hydrogens is 480 g/mol. The average Bonchev–Trinajstić information content (AvgIpc) is 3.17. The van der Waals surface area contributed by atoms with Gasteiger partial charge in [-0.1, -0.05) is 54.6 Å². The molecule has 0 radical (unpaired) electrons. The monoisotopic (exact) mass is 510 g/mol. The zero-order valence-electron chi connectivity index (χ0n) is 21.9. The lowest BCUT2D eigenvalue weighted by atomic mass is 10.0. The maximum Gasteiger partial charge on any atom is 0.340 e. The van der Waals surface area contributed by atoms with Crippen LogP contribution in [0.15, 0.2) is 95.7 Å². The van der Waals surface area contributed by atoms with E-state index in [0.29, 0.717) is 22.7 Å². The van der Waals surface area contributed by atoms with Gasteiger partial charge in [0, 0.05) is 11.4 Å². The summed E-state index contributed by atoms with van der Waals surface area (Å²) in [5.41, 5.74) is 4.37. The number of nitrogens with one attached hydrogen (secondary N) is 1. The van der Waals surface area contributed by atoms with Gasteiger partial charge in [0.2, 0.25) is 0 Å². The van der Waals surface area contributed by atoms with Crippen LogP contribution in [-0.4, -0.2) is 31.5 Å². The lowest BCUT2D eigenvalue weighted by Gasteiger charge is -2.18. The van der Waals surface area contributed by atoms with Gasteiger partial charge >= 0.3 is 5.97 Å². The standard InChI is InChI=1S/C31H30N2O5/c1-20-9-8-12-25(17-20)33-22(3)29(31(36)37-4)27(30(33)35)18-23-13-15-26(16-14-23)38-19-28(34)32-21(2)24-10-6-5-7-11-24/h5-18,21H,19H2,1-4H3,(H,32,34)/b27-18-/t21-/m0/s1. The fourth-order valence-corrected chi connectivity index (χ4v) is 4.34. The molecule has 1 aliphatic rings. The quantitative estimate of drug-likeness (QED) is 0.336. The first-order valence-corrected chi connectivity index (χ1v) is 12.3. The van der Waals surface area contributed by atoms with Crippen molar-refractivity contribution >= 4 is 29.5 Å². The zero-order chi connectivity index (χ0) is 27.2. The molecule has 1 aliphatic heterocycles. The molecular formula is C31H30N2O5. The summed E-state index contributed by atoms with van der Waals surface area (Å²) >= 11 is 0. The number of allylic oxidation sites excluding steroid dienone is 1. The van der Waals surface area contributed by atoms with Crippen molar-refractivity contribution in [3.8, 4) is 5.75 Å². The van der Waals surface area contributed by atoms with E-state index in [1.165, 1.54) is 12.0 Å². The number of aryl methyl sites for hydroxylation is 1.